The van der Waals surface area contributed by atoms with E-state index in [-0.39, 0.29) is 11.7 Å². The first kappa shape index (κ1) is 14.7. The third-order valence-corrected chi connectivity index (χ3v) is 3.90. The second-order valence-corrected chi connectivity index (χ2v) is 6.53. The van der Waals surface area contributed by atoms with Crippen molar-refractivity contribution in [2.75, 3.05) is 24.2 Å². The first-order chi connectivity index (χ1) is 9.37. The Balaban J connectivity index is 2.06. The number of anilines is 1. The predicted molar refractivity (Wildman–Crippen MR) is 74.1 cm³/mol. The van der Waals surface area contributed by atoms with Crippen molar-refractivity contribution < 1.29 is 13.3 Å². The topological polar surface area (TPSA) is 105 Å². The van der Waals surface area contributed by atoms with Gasteiger partial charge in [-0.1, -0.05) is 0 Å². The van der Waals surface area contributed by atoms with Gasteiger partial charge >= 0.3 is 5.69 Å². The summed E-state index contributed by atoms with van der Waals surface area (Å²) in [6.45, 7) is 1.07. The van der Waals surface area contributed by atoms with Crippen molar-refractivity contribution in [1.82, 2.24) is 9.71 Å². The second-order valence-electron chi connectivity index (χ2n) is 4.75. The molecule has 0 aliphatic carbocycles. The molecule has 1 aliphatic heterocycles. The summed E-state index contributed by atoms with van der Waals surface area (Å²) in [5, 5.41) is 11.0. The van der Waals surface area contributed by atoms with Crippen LogP contribution in [-0.2, 0) is 10.0 Å². The number of nitrogens with one attached hydrogen (secondary N) is 1. The molecule has 0 spiro atoms. The minimum absolute atomic E-state index is 0.0259. The summed E-state index contributed by atoms with van der Waals surface area (Å²) in [6.07, 6.45) is 3.84. The molecule has 110 valence electrons. The van der Waals surface area contributed by atoms with Crippen LogP contribution in [0.25, 0.3) is 0 Å². The summed E-state index contributed by atoms with van der Waals surface area (Å²) in [6, 6.07) is 2.83. The van der Waals surface area contributed by atoms with E-state index in [9.17, 15) is 18.5 Å². The van der Waals surface area contributed by atoms with E-state index in [0.29, 0.717) is 31.7 Å². The van der Waals surface area contributed by atoms with Crippen molar-refractivity contribution in [3.63, 3.8) is 0 Å². The van der Waals surface area contributed by atoms with Gasteiger partial charge in [-0.2, -0.15) is 0 Å². The van der Waals surface area contributed by atoms with E-state index in [1.54, 1.807) is 0 Å². The molecule has 1 aliphatic rings. The molecule has 1 saturated heterocycles. The fourth-order valence-corrected chi connectivity index (χ4v) is 3.13. The van der Waals surface area contributed by atoms with Crippen molar-refractivity contribution in [3.8, 4) is 0 Å². The largest absolute Gasteiger partial charge is 0.351 e. The second kappa shape index (κ2) is 5.71. The molecule has 0 aromatic carbocycles. The minimum Gasteiger partial charge on any atom is -0.351 e. The van der Waals surface area contributed by atoms with Gasteiger partial charge in [-0.3, -0.25) is 10.1 Å². The molecule has 1 aromatic heterocycles. The molecule has 0 amide bonds. The fourth-order valence-electron chi connectivity index (χ4n) is 2.29. The van der Waals surface area contributed by atoms with Gasteiger partial charge in [0, 0.05) is 31.4 Å². The van der Waals surface area contributed by atoms with Crippen LogP contribution in [-0.4, -0.2) is 43.7 Å². The zero-order valence-corrected chi connectivity index (χ0v) is 11.8. The maximum absolute atomic E-state index is 11.2. The van der Waals surface area contributed by atoms with Gasteiger partial charge in [0.05, 0.1) is 11.2 Å². The van der Waals surface area contributed by atoms with Crippen molar-refractivity contribution in [2.45, 2.75) is 18.9 Å². The monoisotopic (exact) mass is 300 g/mol. The Morgan fingerprint density at radius 3 is 2.65 bits per heavy atom. The summed E-state index contributed by atoms with van der Waals surface area (Å²) in [5.74, 6) is 0.343. The first-order valence-electron chi connectivity index (χ1n) is 6.18. The first-order valence-corrected chi connectivity index (χ1v) is 8.07. The van der Waals surface area contributed by atoms with Crippen molar-refractivity contribution >= 4 is 21.5 Å². The molecule has 20 heavy (non-hydrogen) atoms. The molecular weight excluding hydrogens is 284 g/mol. The summed E-state index contributed by atoms with van der Waals surface area (Å²) in [5.41, 5.74) is -0.0259. The molecule has 2 rings (SSSR count). The van der Waals surface area contributed by atoms with E-state index < -0.39 is 14.9 Å². The molecule has 2 heterocycles. The average Bonchev–Trinajstić information content (AvgIpc) is 2.38. The number of nitrogens with zero attached hydrogens (tertiary/aromatic N) is 3. The lowest BCUT2D eigenvalue weighted by atomic mass is 10.1. The van der Waals surface area contributed by atoms with Crippen LogP contribution in [0.2, 0.25) is 0 Å². The Morgan fingerprint density at radius 1 is 1.45 bits per heavy atom. The maximum atomic E-state index is 11.2. The predicted octanol–water partition coefficient (Wildman–Crippen LogP) is 0.508. The Morgan fingerprint density at radius 2 is 2.10 bits per heavy atom. The number of sulfonamides is 1. The molecule has 0 saturated carbocycles. The smallest absolute Gasteiger partial charge is 0.311 e. The summed E-state index contributed by atoms with van der Waals surface area (Å²) in [7, 11) is -3.22. The molecule has 0 radical (unpaired) electrons. The Bertz CT molecular complexity index is 596. The zero-order chi connectivity index (χ0) is 14.8. The van der Waals surface area contributed by atoms with Crippen LogP contribution in [0.1, 0.15) is 12.8 Å². The van der Waals surface area contributed by atoms with Gasteiger partial charge in [0.25, 0.3) is 0 Å². The lowest BCUT2D eigenvalue weighted by molar-refractivity contribution is -0.384. The summed E-state index contributed by atoms with van der Waals surface area (Å²) >= 11 is 0. The molecule has 1 fully saturated rings. The summed E-state index contributed by atoms with van der Waals surface area (Å²) in [4.78, 5) is 16.4. The van der Waals surface area contributed by atoms with Crippen molar-refractivity contribution in [1.29, 1.82) is 0 Å². The molecule has 1 aromatic rings. The Labute approximate surface area is 117 Å². The van der Waals surface area contributed by atoms with E-state index in [0.717, 1.165) is 6.26 Å². The van der Waals surface area contributed by atoms with E-state index in [1.807, 2.05) is 4.90 Å². The number of aromatic nitrogens is 1. The van der Waals surface area contributed by atoms with Gasteiger partial charge in [-0.05, 0) is 18.9 Å². The number of hydrogen-bond donors (Lipinski definition) is 1. The van der Waals surface area contributed by atoms with Crippen LogP contribution in [0.15, 0.2) is 18.3 Å². The van der Waals surface area contributed by atoms with Crippen LogP contribution in [0.5, 0.6) is 0 Å². The lowest BCUT2D eigenvalue weighted by Crippen LogP contribution is -2.44. The average molecular weight is 300 g/mol. The lowest BCUT2D eigenvalue weighted by Gasteiger charge is -2.32. The van der Waals surface area contributed by atoms with Crippen LogP contribution in [0.4, 0.5) is 11.5 Å². The van der Waals surface area contributed by atoms with Crippen LogP contribution in [0, 0.1) is 10.1 Å². The highest BCUT2D eigenvalue weighted by Crippen LogP contribution is 2.27. The Hall–Kier alpha value is -1.74. The van der Waals surface area contributed by atoms with Gasteiger partial charge in [-0.15, -0.1) is 0 Å². The van der Waals surface area contributed by atoms with Crippen molar-refractivity contribution in [3.05, 3.63) is 28.4 Å². The Kier molecular flexibility index (Phi) is 4.19. The quantitative estimate of drug-likeness (QED) is 0.641. The highest BCUT2D eigenvalue weighted by atomic mass is 32.2. The highest BCUT2D eigenvalue weighted by Gasteiger charge is 2.26. The van der Waals surface area contributed by atoms with Gasteiger partial charge in [0.15, 0.2) is 0 Å². The van der Waals surface area contributed by atoms with Gasteiger partial charge in [-0.25, -0.2) is 18.1 Å². The number of hydrogen-bond acceptors (Lipinski definition) is 6. The van der Waals surface area contributed by atoms with Crippen molar-refractivity contribution in [2.24, 2.45) is 0 Å². The molecule has 8 nitrogen and oxygen atoms in total. The van der Waals surface area contributed by atoms with Gasteiger partial charge in [0.1, 0.15) is 0 Å². The highest BCUT2D eigenvalue weighted by molar-refractivity contribution is 7.88. The molecular formula is C11H16N4O4S. The number of pyridine rings is 1. The van der Waals surface area contributed by atoms with Gasteiger partial charge in [0.2, 0.25) is 15.8 Å². The number of nitro groups is 1. The summed E-state index contributed by atoms with van der Waals surface area (Å²) < 4.78 is 24.9. The zero-order valence-electron chi connectivity index (χ0n) is 11.0. The molecule has 0 atom stereocenters. The third-order valence-electron chi connectivity index (χ3n) is 3.14. The fraction of sp³-hybridized carbons (Fsp3) is 0.545. The number of piperidine rings is 1. The minimum atomic E-state index is -3.22. The van der Waals surface area contributed by atoms with E-state index in [2.05, 4.69) is 9.71 Å². The third kappa shape index (κ3) is 3.64. The van der Waals surface area contributed by atoms with E-state index >= 15 is 0 Å². The van der Waals surface area contributed by atoms with Crippen LogP contribution in [0.3, 0.4) is 0 Å². The molecule has 9 heteroatoms. The standard InChI is InChI=1S/C11H16N4O4S/c1-20(18,19)13-9-4-7-14(8-5-9)11-10(15(16)17)3-2-6-12-11/h2-3,6,9,13H,4-5,7-8H2,1H3. The SMILES string of the molecule is CS(=O)(=O)NC1CCN(c2ncccc2[N+](=O)[O-])CC1. The van der Waals surface area contributed by atoms with E-state index in [4.69, 9.17) is 0 Å². The molecule has 1 N–H and O–H groups in total. The maximum Gasteiger partial charge on any atom is 0.311 e. The molecule has 0 unspecified atom stereocenters. The van der Waals surface area contributed by atoms with Crippen LogP contribution < -0.4 is 9.62 Å². The van der Waals surface area contributed by atoms with Gasteiger partial charge < -0.3 is 4.90 Å². The van der Waals surface area contributed by atoms with Crippen LogP contribution >= 0.6 is 0 Å². The van der Waals surface area contributed by atoms with E-state index in [1.165, 1.54) is 18.3 Å². The molecule has 0 bridgehead atoms. The normalized spacial score (nSPS) is 17.1. The number of rotatable bonds is 4.